The molecule has 0 spiro atoms. The molecule has 0 amide bonds. The summed E-state index contributed by atoms with van der Waals surface area (Å²) in [6.07, 6.45) is 37.6. The third kappa shape index (κ3) is 20.0. The van der Waals surface area contributed by atoms with Crippen LogP contribution in [0.2, 0.25) is 0 Å². The van der Waals surface area contributed by atoms with Gasteiger partial charge in [0.2, 0.25) is 0 Å². The lowest BCUT2D eigenvalue weighted by Gasteiger charge is -2.30. The van der Waals surface area contributed by atoms with Crippen LogP contribution < -0.4 is 0 Å². The Labute approximate surface area is 242 Å². The molecule has 0 aromatic heterocycles. The average Bonchev–Trinajstić information content (AvgIpc) is 2.94. The first-order valence-corrected chi connectivity index (χ1v) is 18.8. The van der Waals surface area contributed by atoms with Gasteiger partial charge in [-0.15, -0.1) is 0 Å². The van der Waals surface area contributed by atoms with E-state index in [1.54, 1.807) is 0 Å². The van der Waals surface area contributed by atoms with Gasteiger partial charge in [0.25, 0.3) is 0 Å². The van der Waals surface area contributed by atoms with Gasteiger partial charge in [-0.25, -0.2) is 0 Å². The second-order valence-corrected chi connectivity index (χ2v) is 13.8. The number of unbranched alkanes of at least 4 members (excludes halogenated alkanes) is 16. The maximum Gasteiger partial charge on any atom is -0.00675 e. The zero-order chi connectivity index (χ0) is 27.5. The van der Waals surface area contributed by atoms with Crippen molar-refractivity contribution in [1.29, 1.82) is 0 Å². The van der Waals surface area contributed by atoms with E-state index in [1.807, 2.05) is 0 Å². The molecule has 0 unspecified atom stereocenters. The second-order valence-electron chi connectivity index (χ2n) is 12.6. The number of thioether (sulfide) groups is 1. The van der Waals surface area contributed by atoms with Gasteiger partial charge in [-0.1, -0.05) is 183 Å². The van der Waals surface area contributed by atoms with Gasteiger partial charge < -0.3 is 0 Å². The van der Waals surface area contributed by atoms with Crippen molar-refractivity contribution in [3.05, 3.63) is 0 Å². The van der Waals surface area contributed by atoms with Crippen LogP contribution in [0.5, 0.6) is 0 Å². The standard InChI is InChI=1S/C36H74S/c1-7-35(8-2,9-3)31-27-23-19-15-13-17-21-25-29-33-37-34-30-26-22-18-14-16-20-24-28-32-36(10-4,11-5)12-6/h7-34H2,1-6H3. The molecule has 0 aliphatic carbocycles. The van der Waals surface area contributed by atoms with E-state index in [-0.39, 0.29) is 0 Å². The lowest BCUT2D eigenvalue weighted by Crippen LogP contribution is -2.17. The first kappa shape index (κ1) is 37.4. The van der Waals surface area contributed by atoms with Gasteiger partial charge >= 0.3 is 0 Å². The van der Waals surface area contributed by atoms with Crippen molar-refractivity contribution in [2.45, 2.75) is 208 Å². The molecule has 0 N–H and O–H groups in total. The average molecular weight is 539 g/mol. The Hall–Kier alpha value is 0.350. The minimum absolute atomic E-state index is 0.655. The zero-order valence-electron chi connectivity index (χ0n) is 27.2. The molecule has 0 radical (unpaired) electrons. The summed E-state index contributed by atoms with van der Waals surface area (Å²) in [6, 6.07) is 0. The predicted molar refractivity (Wildman–Crippen MR) is 176 cm³/mol. The Morgan fingerprint density at radius 2 is 0.514 bits per heavy atom. The molecule has 0 rings (SSSR count). The summed E-state index contributed by atoms with van der Waals surface area (Å²) in [5.74, 6) is 2.81. The van der Waals surface area contributed by atoms with Crippen LogP contribution in [0.25, 0.3) is 0 Å². The maximum atomic E-state index is 2.40. The third-order valence-corrected chi connectivity index (χ3v) is 11.6. The van der Waals surface area contributed by atoms with Crippen LogP contribution in [0.1, 0.15) is 208 Å². The van der Waals surface area contributed by atoms with Crippen molar-refractivity contribution in [3.63, 3.8) is 0 Å². The van der Waals surface area contributed by atoms with E-state index < -0.39 is 0 Å². The summed E-state index contributed by atoms with van der Waals surface area (Å²) in [4.78, 5) is 0. The highest BCUT2D eigenvalue weighted by molar-refractivity contribution is 7.99. The van der Waals surface area contributed by atoms with E-state index >= 15 is 0 Å². The summed E-state index contributed by atoms with van der Waals surface area (Å²) in [6.45, 7) is 14.4. The molecule has 0 bridgehead atoms. The van der Waals surface area contributed by atoms with E-state index in [0.29, 0.717) is 10.8 Å². The Kier molecular flexibility index (Phi) is 26.8. The maximum absolute atomic E-state index is 2.40. The number of hydrogen-bond acceptors (Lipinski definition) is 1. The van der Waals surface area contributed by atoms with Crippen LogP contribution >= 0.6 is 11.8 Å². The van der Waals surface area contributed by atoms with E-state index in [1.165, 1.54) is 178 Å². The van der Waals surface area contributed by atoms with Crippen molar-refractivity contribution in [1.82, 2.24) is 0 Å². The Balaban J connectivity index is 3.26. The van der Waals surface area contributed by atoms with Gasteiger partial charge in [0.1, 0.15) is 0 Å². The normalized spacial score (nSPS) is 12.5. The topological polar surface area (TPSA) is 0 Å². The fourth-order valence-corrected chi connectivity index (χ4v) is 7.57. The van der Waals surface area contributed by atoms with Crippen LogP contribution in [0.15, 0.2) is 0 Å². The molecule has 1 heteroatoms. The molecule has 37 heavy (non-hydrogen) atoms. The van der Waals surface area contributed by atoms with Crippen molar-refractivity contribution in [2.24, 2.45) is 10.8 Å². The second kappa shape index (κ2) is 26.6. The SMILES string of the molecule is CCC(CC)(CC)CCCCCCCCCCCSCCCCCCCCCCCC(CC)(CC)CC. The predicted octanol–water partition coefficient (Wildman–Crippen LogP) is 14.0. The minimum atomic E-state index is 0.655. The van der Waals surface area contributed by atoms with Crippen molar-refractivity contribution < 1.29 is 0 Å². The molecular formula is C36H74S. The first-order chi connectivity index (χ1) is 18.1. The van der Waals surface area contributed by atoms with Gasteiger partial charge in [-0.2, -0.15) is 11.8 Å². The first-order valence-electron chi connectivity index (χ1n) is 17.6. The number of rotatable bonds is 30. The van der Waals surface area contributed by atoms with Crippen LogP contribution in [0.3, 0.4) is 0 Å². The molecule has 0 saturated heterocycles. The minimum Gasteiger partial charge on any atom is -0.162 e. The van der Waals surface area contributed by atoms with Gasteiger partial charge in [-0.05, 0) is 48.0 Å². The summed E-state index contributed by atoms with van der Waals surface area (Å²) >= 11 is 2.22. The highest BCUT2D eigenvalue weighted by Crippen LogP contribution is 2.37. The quantitative estimate of drug-likeness (QED) is 0.0819. The molecular weight excluding hydrogens is 464 g/mol. The molecule has 0 aliphatic heterocycles. The number of hydrogen-bond donors (Lipinski definition) is 0. The lowest BCUT2D eigenvalue weighted by atomic mass is 9.75. The highest BCUT2D eigenvalue weighted by atomic mass is 32.2. The fraction of sp³-hybridized carbons (Fsp3) is 1.00. The molecule has 224 valence electrons. The Morgan fingerprint density at radius 3 is 0.757 bits per heavy atom. The third-order valence-electron chi connectivity index (χ3n) is 10.5. The fourth-order valence-electron chi connectivity index (χ4n) is 6.55. The lowest BCUT2D eigenvalue weighted by molar-refractivity contribution is 0.220. The van der Waals surface area contributed by atoms with Crippen molar-refractivity contribution >= 4 is 11.8 Å². The molecule has 0 aromatic rings. The van der Waals surface area contributed by atoms with Crippen LogP contribution in [-0.2, 0) is 0 Å². The molecule has 0 atom stereocenters. The van der Waals surface area contributed by atoms with Crippen LogP contribution in [-0.4, -0.2) is 11.5 Å². The highest BCUT2D eigenvalue weighted by Gasteiger charge is 2.23. The van der Waals surface area contributed by atoms with E-state index in [0.717, 1.165) is 0 Å². The van der Waals surface area contributed by atoms with E-state index in [2.05, 4.69) is 53.3 Å². The Morgan fingerprint density at radius 1 is 0.297 bits per heavy atom. The van der Waals surface area contributed by atoms with Crippen LogP contribution in [0, 0.1) is 10.8 Å². The van der Waals surface area contributed by atoms with Crippen molar-refractivity contribution in [3.8, 4) is 0 Å². The van der Waals surface area contributed by atoms with E-state index in [9.17, 15) is 0 Å². The summed E-state index contributed by atoms with van der Waals surface area (Å²) in [5, 5.41) is 0. The molecule has 0 aliphatic rings. The Bertz CT molecular complexity index is 377. The monoisotopic (exact) mass is 539 g/mol. The van der Waals surface area contributed by atoms with Crippen molar-refractivity contribution in [2.75, 3.05) is 11.5 Å². The smallest absolute Gasteiger partial charge is 0.00675 e. The van der Waals surface area contributed by atoms with Crippen LogP contribution in [0.4, 0.5) is 0 Å². The molecule has 0 nitrogen and oxygen atoms in total. The molecule has 0 fully saturated rings. The molecule has 0 aromatic carbocycles. The summed E-state index contributed by atoms with van der Waals surface area (Å²) < 4.78 is 0. The van der Waals surface area contributed by atoms with Gasteiger partial charge in [-0.3, -0.25) is 0 Å². The molecule has 0 saturated carbocycles. The molecule has 0 heterocycles. The zero-order valence-corrected chi connectivity index (χ0v) is 28.0. The summed E-state index contributed by atoms with van der Waals surface area (Å²) in [5.41, 5.74) is 1.31. The van der Waals surface area contributed by atoms with Gasteiger partial charge in [0.05, 0.1) is 0 Å². The van der Waals surface area contributed by atoms with E-state index in [4.69, 9.17) is 0 Å². The largest absolute Gasteiger partial charge is 0.162 e. The van der Waals surface area contributed by atoms with Gasteiger partial charge in [0, 0.05) is 0 Å². The van der Waals surface area contributed by atoms with Gasteiger partial charge in [0.15, 0.2) is 0 Å². The summed E-state index contributed by atoms with van der Waals surface area (Å²) in [7, 11) is 0.